The number of fused-ring (bicyclic) bond motifs is 1. The van der Waals surface area contributed by atoms with Crippen molar-refractivity contribution in [2.45, 2.75) is 50.7 Å². The average Bonchev–Trinajstić information content (AvgIpc) is 3.14. The van der Waals surface area contributed by atoms with Gasteiger partial charge in [-0.3, -0.25) is 9.59 Å². The minimum atomic E-state index is -0.606. The Kier molecular flexibility index (Phi) is 4.96. The summed E-state index contributed by atoms with van der Waals surface area (Å²) in [5.74, 6) is 0.159. The van der Waals surface area contributed by atoms with E-state index in [1.54, 1.807) is 0 Å². The fourth-order valence-electron chi connectivity index (χ4n) is 3.70. The summed E-state index contributed by atoms with van der Waals surface area (Å²) in [7, 11) is 0. The molecular formula is C18H24N2O3. The van der Waals surface area contributed by atoms with Crippen molar-refractivity contribution in [2.75, 3.05) is 6.54 Å². The van der Waals surface area contributed by atoms with E-state index in [9.17, 15) is 14.7 Å². The average molecular weight is 316 g/mol. The van der Waals surface area contributed by atoms with Gasteiger partial charge in [0.2, 0.25) is 11.8 Å². The van der Waals surface area contributed by atoms with Crippen LogP contribution < -0.4 is 10.6 Å². The minimum Gasteiger partial charge on any atom is -0.390 e. The van der Waals surface area contributed by atoms with Crippen molar-refractivity contribution in [1.29, 1.82) is 0 Å². The van der Waals surface area contributed by atoms with Gasteiger partial charge >= 0.3 is 0 Å². The van der Waals surface area contributed by atoms with E-state index in [2.05, 4.69) is 10.6 Å². The van der Waals surface area contributed by atoms with E-state index < -0.39 is 6.10 Å². The quantitative estimate of drug-likeness (QED) is 0.769. The van der Waals surface area contributed by atoms with Crippen molar-refractivity contribution >= 4 is 11.8 Å². The number of carbonyl (C=O) groups is 2. The van der Waals surface area contributed by atoms with Crippen LogP contribution in [-0.2, 0) is 16.0 Å². The second-order valence-electron chi connectivity index (χ2n) is 6.65. The molecule has 3 N–H and O–H groups in total. The second kappa shape index (κ2) is 7.13. The van der Waals surface area contributed by atoms with Gasteiger partial charge in [0.25, 0.3) is 0 Å². The number of carbonyl (C=O) groups excluding carboxylic acids is 2. The molecule has 1 saturated carbocycles. The van der Waals surface area contributed by atoms with Gasteiger partial charge in [-0.15, -0.1) is 0 Å². The van der Waals surface area contributed by atoms with Crippen molar-refractivity contribution in [3.05, 3.63) is 35.4 Å². The number of aliphatic hydroxyl groups excluding tert-OH is 1. The first-order chi connectivity index (χ1) is 11.1. The summed E-state index contributed by atoms with van der Waals surface area (Å²) in [5, 5.41) is 15.6. The van der Waals surface area contributed by atoms with Crippen LogP contribution in [0.1, 0.15) is 49.3 Å². The Morgan fingerprint density at radius 3 is 2.65 bits per heavy atom. The largest absolute Gasteiger partial charge is 0.390 e. The molecule has 0 saturated heterocycles. The highest BCUT2D eigenvalue weighted by atomic mass is 16.3. The maximum absolute atomic E-state index is 12.1. The van der Waals surface area contributed by atoms with Gasteiger partial charge < -0.3 is 15.7 Å². The van der Waals surface area contributed by atoms with Crippen LogP contribution in [0.2, 0.25) is 0 Å². The van der Waals surface area contributed by atoms with Crippen molar-refractivity contribution < 1.29 is 14.7 Å². The molecule has 2 aliphatic rings. The van der Waals surface area contributed by atoms with E-state index >= 15 is 0 Å². The Labute approximate surface area is 136 Å². The summed E-state index contributed by atoms with van der Waals surface area (Å²) in [6, 6.07) is 7.34. The lowest BCUT2D eigenvalue weighted by atomic mass is 10.0. The predicted octanol–water partition coefficient (Wildman–Crippen LogP) is 1.46. The number of nitrogens with one attached hydrogen (secondary N) is 2. The summed E-state index contributed by atoms with van der Waals surface area (Å²) < 4.78 is 0. The van der Waals surface area contributed by atoms with E-state index in [0.717, 1.165) is 24.0 Å². The highest BCUT2D eigenvalue weighted by molar-refractivity contribution is 5.85. The third kappa shape index (κ3) is 3.91. The molecular weight excluding hydrogens is 292 g/mol. The standard InChI is InChI=1S/C18H24N2O3/c21-15-10-13-7-3-4-8-14(13)18(15)20-17(23)11-19-16(22)9-12-5-1-2-6-12/h3-4,7-8,12,15,18,21H,1-2,5-6,9-11H2,(H,19,22)(H,20,23)/t15-,18+/m1/s1. The van der Waals surface area contributed by atoms with Crippen LogP contribution in [0.3, 0.4) is 0 Å². The number of hydrogen-bond donors (Lipinski definition) is 3. The molecule has 2 atom stereocenters. The topological polar surface area (TPSA) is 78.4 Å². The van der Waals surface area contributed by atoms with E-state index in [1.165, 1.54) is 12.8 Å². The molecule has 5 nitrogen and oxygen atoms in total. The molecule has 2 amide bonds. The molecule has 124 valence electrons. The Balaban J connectivity index is 1.47. The molecule has 3 rings (SSSR count). The Morgan fingerprint density at radius 1 is 1.13 bits per heavy atom. The van der Waals surface area contributed by atoms with Crippen LogP contribution in [0.4, 0.5) is 0 Å². The van der Waals surface area contributed by atoms with Crippen molar-refractivity contribution in [3.63, 3.8) is 0 Å². The predicted molar refractivity (Wildman–Crippen MR) is 86.6 cm³/mol. The van der Waals surface area contributed by atoms with Gasteiger partial charge in [-0.05, 0) is 29.9 Å². The van der Waals surface area contributed by atoms with E-state index in [1.807, 2.05) is 24.3 Å². The zero-order valence-electron chi connectivity index (χ0n) is 13.3. The highest BCUT2D eigenvalue weighted by Gasteiger charge is 2.31. The summed E-state index contributed by atoms with van der Waals surface area (Å²) in [4.78, 5) is 23.9. The smallest absolute Gasteiger partial charge is 0.239 e. The summed E-state index contributed by atoms with van der Waals surface area (Å²) in [6.45, 7) is -0.0308. The lowest BCUT2D eigenvalue weighted by Gasteiger charge is -2.18. The molecule has 1 aromatic carbocycles. The molecule has 1 aromatic rings. The molecule has 5 heteroatoms. The van der Waals surface area contributed by atoms with Gasteiger partial charge in [-0.1, -0.05) is 37.1 Å². The van der Waals surface area contributed by atoms with Crippen LogP contribution in [0, 0.1) is 5.92 Å². The highest BCUT2D eigenvalue weighted by Crippen LogP contribution is 2.31. The Hall–Kier alpha value is -1.88. The Morgan fingerprint density at radius 2 is 1.87 bits per heavy atom. The van der Waals surface area contributed by atoms with Gasteiger partial charge in [-0.25, -0.2) is 0 Å². The molecule has 1 fully saturated rings. The number of benzene rings is 1. The van der Waals surface area contributed by atoms with Crippen LogP contribution in [0.25, 0.3) is 0 Å². The van der Waals surface area contributed by atoms with Crippen LogP contribution in [0.15, 0.2) is 24.3 Å². The zero-order valence-corrected chi connectivity index (χ0v) is 13.3. The van der Waals surface area contributed by atoms with Gasteiger partial charge in [0.05, 0.1) is 18.7 Å². The SMILES string of the molecule is O=C(CC1CCCC1)NCC(=O)N[C@H]1c2ccccc2C[C@H]1O. The first kappa shape index (κ1) is 16.0. The molecule has 0 radical (unpaired) electrons. The fraction of sp³-hybridized carbons (Fsp3) is 0.556. The van der Waals surface area contributed by atoms with E-state index in [4.69, 9.17) is 0 Å². The monoisotopic (exact) mass is 316 g/mol. The van der Waals surface area contributed by atoms with E-state index in [-0.39, 0.29) is 24.4 Å². The van der Waals surface area contributed by atoms with Crippen LogP contribution in [0.5, 0.6) is 0 Å². The molecule has 23 heavy (non-hydrogen) atoms. The molecule has 0 spiro atoms. The number of amides is 2. The molecule has 0 bridgehead atoms. The first-order valence-electron chi connectivity index (χ1n) is 8.45. The third-order valence-corrected chi connectivity index (χ3v) is 4.92. The van der Waals surface area contributed by atoms with E-state index in [0.29, 0.717) is 18.8 Å². The van der Waals surface area contributed by atoms with Crippen molar-refractivity contribution in [1.82, 2.24) is 10.6 Å². The van der Waals surface area contributed by atoms with Crippen LogP contribution >= 0.6 is 0 Å². The normalized spacial score (nSPS) is 23.5. The molecule has 0 heterocycles. The number of hydrogen-bond acceptors (Lipinski definition) is 3. The lowest BCUT2D eigenvalue weighted by Crippen LogP contribution is -2.41. The number of aliphatic hydroxyl groups is 1. The lowest BCUT2D eigenvalue weighted by molar-refractivity contribution is -0.127. The summed E-state index contributed by atoms with van der Waals surface area (Å²) in [6.07, 6.45) is 5.10. The molecule has 0 aromatic heterocycles. The molecule has 0 aliphatic heterocycles. The number of rotatable bonds is 5. The van der Waals surface area contributed by atoms with Gasteiger partial charge in [-0.2, -0.15) is 0 Å². The Bertz CT molecular complexity index is 581. The molecule has 2 aliphatic carbocycles. The fourth-order valence-corrected chi connectivity index (χ4v) is 3.70. The van der Waals surface area contributed by atoms with Gasteiger partial charge in [0.1, 0.15) is 0 Å². The first-order valence-corrected chi connectivity index (χ1v) is 8.45. The minimum absolute atomic E-state index is 0.0308. The maximum atomic E-state index is 12.1. The van der Waals surface area contributed by atoms with Gasteiger partial charge in [0.15, 0.2) is 0 Å². The zero-order chi connectivity index (χ0) is 16.2. The van der Waals surface area contributed by atoms with Crippen LogP contribution in [-0.4, -0.2) is 29.6 Å². The summed E-state index contributed by atoms with van der Waals surface area (Å²) in [5.41, 5.74) is 2.03. The van der Waals surface area contributed by atoms with Crippen molar-refractivity contribution in [2.24, 2.45) is 5.92 Å². The third-order valence-electron chi connectivity index (χ3n) is 4.92. The second-order valence-corrected chi connectivity index (χ2v) is 6.65. The van der Waals surface area contributed by atoms with Crippen molar-refractivity contribution in [3.8, 4) is 0 Å². The van der Waals surface area contributed by atoms with Gasteiger partial charge in [0, 0.05) is 12.8 Å². The summed E-state index contributed by atoms with van der Waals surface area (Å²) >= 11 is 0. The molecule has 0 unspecified atom stereocenters. The maximum Gasteiger partial charge on any atom is 0.239 e.